The number of fused-ring (bicyclic) bond motifs is 1. The molecular weight excluding hydrogens is 261 g/mol. The quantitative estimate of drug-likeness (QED) is 0.740. The molecule has 0 unspecified atom stereocenters. The zero-order chi connectivity index (χ0) is 13.2. The number of amides is 1. The van der Waals surface area contributed by atoms with Crippen LogP contribution < -0.4 is 5.32 Å². The van der Waals surface area contributed by atoms with Gasteiger partial charge in [0.2, 0.25) is 0 Å². The number of para-hydroxylation sites is 1. The Morgan fingerprint density at radius 1 is 1.05 bits per heavy atom. The van der Waals surface area contributed by atoms with Crippen molar-refractivity contribution in [1.29, 1.82) is 0 Å². The number of halogens is 1. The maximum Gasteiger partial charge on any atom is 0.265 e. The third kappa shape index (κ3) is 2.35. The molecule has 1 N–H and O–H groups in total. The summed E-state index contributed by atoms with van der Waals surface area (Å²) in [5.74, 6) is -0.515. The molecule has 94 valence electrons. The summed E-state index contributed by atoms with van der Waals surface area (Å²) in [5.41, 5.74) is 0.727. The number of carbonyl (C=O) groups is 1. The van der Waals surface area contributed by atoms with Gasteiger partial charge in [-0.05, 0) is 30.3 Å². The lowest BCUT2D eigenvalue weighted by molar-refractivity contribution is 0.103. The Labute approximate surface area is 113 Å². The molecule has 3 aromatic rings. The predicted octanol–water partition coefficient (Wildman–Crippen LogP) is 4.29. The molecule has 1 aromatic heterocycles. The van der Waals surface area contributed by atoms with Gasteiger partial charge < -0.3 is 5.32 Å². The third-order valence-electron chi connectivity index (χ3n) is 2.76. The first-order valence-corrected chi connectivity index (χ1v) is 6.60. The summed E-state index contributed by atoms with van der Waals surface area (Å²) in [7, 11) is 0. The first-order valence-electron chi connectivity index (χ1n) is 5.78. The molecule has 0 fully saturated rings. The molecular formula is C15H10FNOS. The Hall–Kier alpha value is -2.20. The zero-order valence-corrected chi connectivity index (χ0v) is 10.7. The Morgan fingerprint density at radius 2 is 1.84 bits per heavy atom. The van der Waals surface area contributed by atoms with Gasteiger partial charge in [-0.3, -0.25) is 4.79 Å². The highest BCUT2D eigenvalue weighted by atomic mass is 32.1. The van der Waals surface area contributed by atoms with E-state index in [1.165, 1.54) is 17.4 Å². The topological polar surface area (TPSA) is 29.1 Å². The van der Waals surface area contributed by atoms with Gasteiger partial charge >= 0.3 is 0 Å². The van der Waals surface area contributed by atoms with Gasteiger partial charge in [0.15, 0.2) is 0 Å². The Bertz CT molecular complexity index is 736. The molecule has 0 saturated heterocycles. The van der Waals surface area contributed by atoms with Gasteiger partial charge in [0.25, 0.3) is 5.91 Å². The van der Waals surface area contributed by atoms with Crippen LogP contribution >= 0.6 is 11.3 Å². The largest absolute Gasteiger partial charge is 0.321 e. The van der Waals surface area contributed by atoms with Crippen molar-refractivity contribution in [2.75, 3.05) is 5.32 Å². The molecule has 4 heteroatoms. The lowest BCUT2D eigenvalue weighted by Gasteiger charge is -2.01. The number of hydrogen-bond donors (Lipinski definition) is 1. The SMILES string of the molecule is O=C(Nc1ccccc1)c1cc2c(F)cccc2s1. The van der Waals surface area contributed by atoms with E-state index in [9.17, 15) is 9.18 Å². The van der Waals surface area contributed by atoms with Crippen LogP contribution in [0.2, 0.25) is 0 Å². The first kappa shape index (κ1) is 11.9. The van der Waals surface area contributed by atoms with Crippen LogP contribution in [-0.4, -0.2) is 5.91 Å². The molecule has 2 nitrogen and oxygen atoms in total. The monoisotopic (exact) mass is 271 g/mol. The second-order valence-corrected chi connectivity index (χ2v) is 5.17. The fourth-order valence-electron chi connectivity index (χ4n) is 1.85. The van der Waals surface area contributed by atoms with E-state index < -0.39 is 0 Å². The third-order valence-corrected chi connectivity index (χ3v) is 3.86. The molecule has 1 heterocycles. The molecule has 3 rings (SSSR count). The van der Waals surface area contributed by atoms with Crippen LogP contribution in [0.4, 0.5) is 10.1 Å². The summed E-state index contributed by atoms with van der Waals surface area (Å²) in [6.07, 6.45) is 0. The number of hydrogen-bond acceptors (Lipinski definition) is 2. The standard InChI is InChI=1S/C15H10FNOS/c16-12-7-4-8-13-11(12)9-14(19-13)15(18)17-10-5-2-1-3-6-10/h1-9H,(H,17,18). The summed E-state index contributed by atoms with van der Waals surface area (Å²) >= 11 is 1.29. The van der Waals surface area contributed by atoms with Crippen molar-refractivity contribution in [1.82, 2.24) is 0 Å². The molecule has 0 aliphatic rings. The van der Waals surface area contributed by atoms with Gasteiger partial charge in [-0.15, -0.1) is 11.3 Å². The summed E-state index contributed by atoms with van der Waals surface area (Å²) in [6, 6.07) is 15.6. The minimum Gasteiger partial charge on any atom is -0.321 e. The summed E-state index contributed by atoms with van der Waals surface area (Å²) in [5, 5.41) is 3.28. The number of anilines is 1. The predicted molar refractivity (Wildman–Crippen MR) is 76.2 cm³/mol. The van der Waals surface area contributed by atoms with Crippen molar-refractivity contribution < 1.29 is 9.18 Å². The Balaban J connectivity index is 1.92. The minimum absolute atomic E-state index is 0.216. The number of rotatable bonds is 2. The van der Waals surface area contributed by atoms with Gasteiger partial charge in [-0.1, -0.05) is 24.3 Å². The Kier molecular flexibility index (Phi) is 3.01. The molecule has 0 radical (unpaired) electrons. The lowest BCUT2D eigenvalue weighted by Crippen LogP contribution is -2.09. The zero-order valence-electron chi connectivity index (χ0n) is 9.89. The first-order chi connectivity index (χ1) is 9.24. The molecule has 19 heavy (non-hydrogen) atoms. The highest BCUT2D eigenvalue weighted by molar-refractivity contribution is 7.20. The molecule has 0 spiro atoms. The van der Waals surface area contributed by atoms with Crippen LogP contribution in [0.1, 0.15) is 9.67 Å². The number of benzene rings is 2. The van der Waals surface area contributed by atoms with E-state index in [2.05, 4.69) is 5.32 Å². The molecule has 1 amide bonds. The van der Waals surface area contributed by atoms with E-state index in [0.29, 0.717) is 10.3 Å². The highest BCUT2D eigenvalue weighted by Gasteiger charge is 2.12. The highest BCUT2D eigenvalue weighted by Crippen LogP contribution is 2.28. The Morgan fingerprint density at radius 3 is 2.58 bits per heavy atom. The van der Waals surface area contributed by atoms with E-state index in [-0.39, 0.29) is 11.7 Å². The van der Waals surface area contributed by atoms with Crippen LogP contribution in [0, 0.1) is 5.82 Å². The van der Waals surface area contributed by atoms with Gasteiger partial charge in [-0.2, -0.15) is 0 Å². The second kappa shape index (κ2) is 4.82. The van der Waals surface area contributed by atoms with Crippen LogP contribution in [0.5, 0.6) is 0 Å². The van der Waals surface area contributed by atoms with Crippen LogP contribution in [-0.2, 0) is 0 Å². The van der Waals surface area contributed by atoms with Gasteiger partial charge in [-0.25, -0.2) is 4.39 Å². The van der Waals surface area contributed by atoms with Gasteiger partial charge in [0.1, 0.15) is 5.82 Å². The van der Waals surface area contributed by atoms with Crippen molar-refractivity contribution in [2.24, 2.45) is 0 Å². The van der Waals surface area contributed by atoms with Crippen LogP contribution in [0.25, 0.3) is 10.1 Å². The van der Waals surface area contributed by atoms with E-state index in [0.717, 1.165) is 10.4 Å². The van der Waals surface area contributed by atoms with Crippen molar-refractivity contribution in [3.63, 3.8) is 0 Å². The lowest BCUT2D eigenvalue weighted by atomic mass is 10.2. The van der Waals surface area contributed by atoms with Crippen molar-refractivity contribution in [3.8, 4) is 0 Å². The average molecular weight is 271 g/mol. The molecule has 0 saturated carbocycles. The van der Waals surface area contributed by atoms with E-state index in [1.807, 2.05) is 36.4 Å². The summed E-state index contributed by atoms with van der Waals surface area (Å²) in [4.78, 5) is 12.6. The molecule has 0 aliphatic carbocycles. The van der Waals surface area contributed by atoms with Gasteiger partial charge in [0.05, 0.1) is 4.88 Å². The van der Waals surface area contributed by atoms with E-state index >= 15 is 0 Å². The molecule has 0 aliphatic heterocycles. The van der Waals surface area contributed by atoms with Gasteiger partial charge in [0, 0.05) is 15.8 Å². The minimum atomic E-state index is -0.299. The number of carbonyl (C=O) groups excluding carboxylic acids is 1. The summed E-state index contributed by atoms with van der Waals surface area (Å²) in [6.45, 7) is 0. The van der Waals surface area contributed by atoms with Crippen LogP contribution in [0.15, 0.2) is 54.6 Å². The smallest absolute Gasteiger partial charge is 0.265 e. The molecule has 2 aromatic carbocycles. The van der Waals surface area contributed by atoms with E-state index in [1.54, 1.807) is 12.1 Å². The maximum absolute atomic E-state index is 13.6. The fraction of sp³-hybridized carbons (Fsp3) is 0. The fourth-order valence-corrected chi connectivity index (χ4v) is 2.82. The van der Waals surface area contributed by atoms with Crippen molar-refractivity contribution in [3.05, 3.63) is 65.3 Å². The van der Waals surface area contributed by atoms with Crippen LogP contribution in [0.3, 0.4) is 0 Å². The van der Waals surface area contributed by atoms with Crippen molar-refractivity contribution >= 4 is 33.0 Å². The maximum atomic E-state index is 13.6. The normalized spacial score (nSPS) is 10.6. The summed E-state index contributed by atoms with van der Waals surface area (Å²) < 4.78 is 14.3. The number of thiophene rings is 1. The van der Waals surface area contributed by atoms with E-state index in [4.69, 9.17) is 0 Å². The number of nitrogens with one attached hydrogen (secondary N) is 1. The second-order valence-electron chi connectivity index (χ2n) is 4.08. The van der Waals surface area contributed by atoms with Crippen molar-refractivity contribution in [2.45, 2.75) is 0 Å². The molecule has 0 atom stereocenters. The molecule has 0 bridgehead atoms. The average Bonchev–Trinajstić information content (AvgIpc) is 2.85.